The molecule has 0 spiro atoms. The molecule has 0 bridgehead atoms. The van der Waals surface area contributed by atoms with Crippen LogP contribution in [0.25, 0.3) is 0 Å². The van der Waals surface area contributed by atoms with E-state index >= 15 is 0 Å². The highest BCUT2D eigenvalue weighted by atomic mass is 14.1. The van der Waals surface area contributed by atoms with Gasteiger partial charge < -0.3 is 0 Å². The molecule has 190 valence electrons. The van der Waals surface area contributed by atoms with Gasteiger partial charge in [-0.1, -0.05) is 183 Å². The Labute approximate surface area is 201 Å². The van der Waals surface area contributed by atoms with Crippen LogP contribution in [-0.4, -0.2) is 0 Å². The third kappa shape index (κ3) is 26.1. The predicted octanol–water partition coefficient (Wildman–Crippen LogP) is 12.2. The Hall–Kier alpha value is 0. The molecule has 0 amide bonds. The van der Waals surface area contributed by atoms with Crippen molar-refractivity contribution in [2.45, 2.75) is 183 Å². The van der Waals surface area contributed by atoms with E-state index in [1.165, 1.54) is 135 Å². The molecule has 3 rings (SSSR count). The van der Waals surface area contributed by atoms with Gasteiger partial charge in [0.2, 0.25) is 0 Å². The van der Waals surface area contributed by atoms with Crippen LogP contribution in [-0.2, 0) is 0 Å². The maximum atomic E-state index is 2.39. The van der Waals surface area contributed by atoms with Crippen molar-refractivity contribution in [2.75, 3.05) is 0 Å². The fourth-order valence-corrected chi connectivity index (χ4v) is 4.98. The second-order valence-corrected chi connectivity index (χ2v) is 10.4. The number of rotatable bonds is 0. The Balaban J connectivity index is 0. The average Bonchev–Trinajstić information content (AvgIpc) is 2.74. The van der Waals surface area contributed by atoms with Gasteiger partial charge in [0.15, 0.2) is 0 Å². The van der Waals surface area contributed by atoms with E-state index in [0.717, 1.165) is 17.8 Å². The average molecular weight is 439 g/mol. The van der Waals surface area contributed by atoms with Crippen molar-refractivity contribution >= 4 is 0 Å². The summed E-state index contributed by atoms with van der Waals surface area (Å²) in [6.07, 6.45) is 31.3. The quantitative estimate of drug-likeness (QED) is 0.352. The van der Waals surface area contributed by atoms with Gasteiger partial charge in [-0.05, 0) is 17.8 Å². The van der Waals surface area contributed by atoms with Gasteiger partial charge in [-0.2, -0.15) is 0 Å². The fourth-order valence-electron chi connectivity index (χ4n) is 4.98. The van der Waals surface area contributed by atoms with E-state index in [9.17, 15) is 0 Å². The Morgan fingerprint density at radius 2 is 0.387 bits per heavy atom. The van der Waals surface area contributed by atoms with Gasteiger partial charge in [-0.15, -0.1) is 0 Å². The largest absolute Gasteiger partial charge is 0.0683 e. The summed E-state index contributed by atoms with van der Waals surface area (Å²) in [7, 11) is 0. The summed E-state index contributed by atoms with van der Waals surface area (Å²) in [5.74, 6) is 3.06. The maximum Gasteiger partial charge on any atom is -0.0443 e. The summed E-state index contributed by atoms with van der Waals surface area (Å²) < 4.78 is 0. The van der Waals surface area contributed by atoms with Gasteiger partial charge >= 0.3 is 0 Å². The second kappa shape index (κ2) is 28.0. The molecule has 3 aliphatic carbocycles. The van der Waals surface area contributed by atoms with Crippen LogP contribution in [0.1, 0.15) is 183 Å². The lowest BCUT2D eigenvalue weighted by Crippen LogP contribution is -1.97. The highest BCUT2D eigenvalue weighted by molar-refractivity contribution is 4.59. The molecule has 0 heteroatoms. The third-order valence-electron chi connectivity index (χ3n) is 7.18. The molecule has 0 aromatic carbocycles. The van der Waals surface area contributed by atoms with Crippen molar-refractivity contribution in [3.8, 4) is 0 Å². The minimum absolute atomic E-state index is 1.02. The zero-order valence-electron chi connectivity index (χ0n) is 23.6. The summed E-state index contributed by atoms with van der Waals surface area (Å²) in [6, 6.07) is 0. The van der Waals surface area contributed by atoms with Gasteiger partial charge in [0.25, 0.3) is 0 Å². The van der Waals surface area contributed by atoms with Gasteiger partial charge in [-0.3, -0.25) is 0 Å². The van der Waals surface area contributed by atoms with Crippen LogP contribution < -0.4 is 0 Å². The summed E-state index contributed by atoms with van der Waals surface area (Å²) in [5.41, 5.74) is 0. The van der Waals surface area contributed by atoms with Crippen LogP contribution >= 0.6 is 0 Å². The first-order valence-corrected chi connectivity index (χ1v) is 15.2. The normalized spacial score (nSPS) is 22.2. The molecule has 0 nitrogen and oxygen atoms in total. The molecule has 0 atom stereocenters. The van der Waals surface area contributed by atoms with Crippen LogP contribution in [0.15, 0.2) is 0 Å². The first-order valence-electron chi connectivity index (χ1n) is 15.2. The van der Waals surface area contributed by atoms with E-state index < -0.39 is 0 Å². The third-order valence-corrected chi connectivity index (χ3v) is 7.18. The monoisotopic (exact) mass is 439 g/mol. The molecule has 0 unspecified atom stereocenters. The van der Waals surface area contributed by atoms with E-state index in [1.807, 2.05) is 27.7 Å². The van der Waals surface area contributed by atoms with Crippen molar-refractivity contribution in [2.24, 2.45) is 17.8 Å². The van der Waals surface area contributed by atoms with Crippen LogP contribution in [0.4, 0.5) is 0 Å². The smallest absolute Gasteiger partial charge is 0.0443 e. The van der Waals surface area contributed by atoms with Crippen molar-refractivity contribution in [3.05, 3.63) is 0 Å². The van der Waals surface area contributed by atoms with Gasteiger partial charge in [0.1, 0.15) is 0 Å². The fraction of sp³-hybridized carbons (Fsp3) is 1.00. The molecule has 0 heterocycles. The Bertz CT molecular complexity index is 223. The molecule has 0 radical (unpaired) electrons. The molecule has 0 aliphatic heterocycles. The molecule has 31 heavy (non-hydrogen) atoms. The molecule has 0 aromatic heterocycles. The van der Waals surface area contributed by atoms with Crippen molar-refractivity contribution < 1.29 is 0 Å². The van der Waals surface area contributed by atoms with Crippen molar-refractivity contribution in [1.29, 1.82) is 0 Å². The van der Waals surface area contributed by atoms with Crippen LogP contribution in [0.3, 0.4) is 0 Å². The summed E-state index contributed by atoms with van der Waals surface area (Å²) in [4.78, 5) is 0. The molecule has 3 aliphatic rings. The highest BCUT2D eigenvalue weighted by Gasteiger charge is 2.06. The van der Waals surface area contributed by atoms with E-state index in [4.69, 9.17) is 0 Å². The van der Waals surface area contributed by atoms with Gasteiger partial charge in [-0.25, -0.2) is 0 Å². The highest BCUT2D eigenvalue weighted by Crippen LogP contribution is 2.22. The zero-order valence-corrected chi connectivity index (χ0v) is 23.6. The zero-order chi connectivity index (χ0) is 23.6. The molecule has 3 saturated carbocycles. The standard InChI is InChI=1S/3C9H18.2C2H6/c3*1-9-7-5-3-2-4-6-8-9;2*1-2/h3*9H,2-8H2,1H3;2*1-2H3. The van der Waals surface area contributed by atoms with Crippen molar-refractivity contribution in [1.82, 2.24) is 0 Å². The molecule has 0 saturated heterocycles. The van der Waals surface area contributed by atoms with Crippen LogP contribution in [0, 0.1) is 17.8 Å². The summed E-state index contributed by atoms with van der Waals surface area (Å²) >= 11 is 0. The molecule has 0 N–H and O–H groups in total. The topological polar surface area (TPSA) is 0 Å². The first-order chi connectivity index (χ1) is 15.2. The number of hydrogen-bond donors (Lipinski definition) is 0. The van der Waals surface area contributed by atoms with Crippen LogP contribution in [0.5, 0.6) is 0 Å². The first kappa shape index (κ1) is 33.2. The Morgan fingerprint density at radius 3 is 0.548 bits per heavy atom. The lowest BCUT2D eigenvalue weighted by molar-refractivity contribution is 0.404. The van der Waals surface area contributed by atoms with E-state index in [0.29, 0.717) is 0 Å². The minimum atomic E-state index is 1.02. The Kier molecular flexibility index (Phi) is 30.0. The van der Waals surface area contributed by atoms with E-state index in [1.54, 1.807) is 0 Å². The molecular weight excluding hydrogens is 372 g/mol. The lowest BCUT2D eigenvalue weighted by atomic mass is 9.93. The van der Waals surface area contributed by atoms with Crippen molar-refractivity contribution in [3.63, 3.8) is 0 Å². The summed E-state index contributed by atoms with van der Waals surface area (Å²) in [5, 5.41) is 0. The molecule has 0 aromatic rings. The predicted molar refractivity (Wildman–Crippen MR) is 147 cm³/mol. The second-order valence-electron chi connectivity index (χ2n) is 10.4. The number of hydrogen-bond acceptors (Lipinski definition) is 0. The van der Waals surface area contributed by atoms with E-state index in [2.05, 4.69) is 20.8 Å². The van der Waals surface area contributed by atoms with Crippen LogP contribution in [0.2, 0.25) is 0 Å². The maximum absolute atomic E-state index is 2.39. The summed E-state index contributed by atoms with van der Waals surface area (Å²) in [6.45, 7) is 15.2. The van der Waals surface area contributed by atoms with Gasteiger partial charge in [0.05, 0.1) is 0 Å². The molecular formula is C31H66. The van der Waals surface area contributed by atoms with E-state index in [-0.39, 0.29) is 0 Å². The Morgan fingerprint density at radius 1 is 0.258 bits per heavy atom. The van der Waals surface area contributed by atoms with Gasteiger partial charge in [0, 0.05) is 0 Å². The SMILES string of the molecule is CC.CC.CC1CCCCCCC1.CC1CCCCCCC1.CC1CCCCCCC1. The minimum Gasteiger partial charge on any atom is -0.0683 e. The lowest BCUT2D eigenvalue weighted by Gasteiger charge is -2.13. The molecule has 3 fully saturated rings.